The van der Waals surface area contributed by atoms with Crippen LogP contribution in [0.15, 0.2) is 36.5 Å². The number of nitrogens with zero attached hydrogens (tertiary/aromatic N) is 1. The van der Waals surface area contributed by atoms with Gasteiger partial charge in [0, 0.05) is 17.9 Å². The van der Waals surface area contributed by atoms with Gasteiger partial charge in [0.2, 0.25) is 0 Å². The topological polar surface area (TPSA) is 24.9 Å². The summed E-state index contributed by atoms with van der Waals surface area (Å²) in [5, 5.41) is 3.40. The van der Waals surface area contributed by atoms with Crippen molar-refractivity contribution in [3.05, 3.63) is 64.2 Å². The lowest BCUT2D eigenvalue weighted by Crippen LogP contribution is -2.20. The van der Waals surface area contributed by atoms with Crippen LogP contribution < -0.4 is 5.32 Å². The molecule has 0 amide bonds. The molecule has 2 aromatic rings. The van der Waals surface area contributed by atoms with Crippen LogP contribution in [0.3, 0.4) is 0 Å². The number of benzene rings is 1. The highest BCUT2D eigenvalue weighted by atomic mass is 35.5. The molecule has 1 N–H and O–H groups in total. The lowest BCUT2D eigenvalue weighted by molar-refractivity contribution is 0.579. The molecule has 0 aliphatic heterocycles. The smallest absolute Gasteiger partial charge is 0.142 e. The summed E-state index contributed by atoms with van der Waals surface area (Å²) < 4.78 is 13.5. The zero-order valence-electron chi connectivity index (χ0n) is 11.0. The molecular weight excluding hydrogens is 263 g/mol. The number of nitrogens with one attached hydrogen (secondary N) is 1. The Kier molecular flexibility index (Phi) is 4.51. The molecule has 1 unspecified atom stereocenters. The highest BCUT2D eigenvalue weighted by molar-refractivity contribution is 6.30. The molecule has 0 saturated carbocycles. The van der Waals surface area contributed by atoms with Gasteiger partial charge in [-0.25, -0.2) is 4.39 Å². The third-order valence-corrected chi connectivity index (χ3v) is 3.50. The summed E-state index contributed by atoms with van der Waals surface area (Å²) >= 11 is 5.69. The van der Waals surface area contributed by atoms with E-state index in [2.05, 4.69) is 10.3 Å². The zero-order chi connectivity index (χ0) is 13.8. The van der Waals surface area contributed by atoms with Crippen molar-refractivity contribution in [2.45, 2.75) is 19.4 Å². The number of rotatable bonds is 4. The average Bonchev–Trinajstić information content (AvgIpc) is 2.41. The van der Waals surface area contributed by atoms with Crippen molar-refractivity contribution in [2.24, 2.45) is 0 Å². The molecule has 0 radical (unpaired) electrons. The zero-order valence-corrected chi connectivity index (χ0v) is 11.7. The monoisotopic (exact) mass is 278 g/mol. The summed E-state index contributed by atoms with van der Waals surface area (Å²) in [6.45, 7) is 1.97. The van der Waals surface area contributed by atoms with Gasteiger partial charge in [-0.05, 0) is 49.7 Å². The molecule has 2 nitrogen and oxygen atoms in total. The lowest BCUT2D eigenvalue weighted by Gasteiger charge is -2.18. The highest BCUT2D eigenvalue weighted by Gasteiger charge is 2.13. The van der Waals surface area contributed by atoms with Gasteiger partial charge in [-0.2, -0.15) is 0 Å². The van der Waals surface area contributed by atoms with Crippen LogP contribution in [0.2, 0.25) is 5.02 Å². The van der Waals surface area contributed by atoms with Crippen LogP contribution in [0.4, 0.5) is 4.39 Å². The molecule has 0 saturated heterocycles. The van der Waals surface area contributed by atoms with Crippen LogP contribution in [0.1, 0.15) is 22.9 Å². The second kappa shape index (κ2) is 6.13. The maximum Gasteiger partial charge on any atom is 0.142 e. The van der Waals surface area contributed by atoms with Crippen molar-refractivity contribution in [3.8, 4) is 0 Å². The fourth-order valence-electron chi connectivity index (χ4n) is 2.13. The van der Waals surface area contributed by atoms with E-state index in [1.165, 1.54) is 6.07 Å². The Labute approximate surface area is 117 Å². The Bertz CT molecular complexity index is 572. The molecule has 0 spiro atoms. The van der Waals surface area contributed by atoms with Gasteiger partial charge in [0.25, 0.3) is 0 Å². The number of likely N-dealkylation sites (N-methyl/N-ethyl adjacent to an activating group) is 1. The van der Waals surface area contributed by atoms with Crippen molar-refractivity contribution in [2.75, 3.05) is 7.05 Å². The minimum absolute atomic E-state index is 0.106. The molecule has 1 aromatic carbocycles. The number of halogens is 2. The molecule has 0 aliphatic rings. The summed E-state index contributed by atoms with van der Waals surface area (Å²) in [5.41, 5.74) is 3.01. The van der Waals surface area contributed by atoms with E-state index in [-0.39, 0.29) is 16.9 Å². The van der Waals surface area contributed by atoms with Crippen molar-refractivity contribution in [1.82, 2.24) is 10.3 Å². The third-order valence-electron chi connectivity index (χ3n) is 3.20. The first kappa shape index (κ1) is 14.0. The second-order valence-electron chi connectivity index (χ2n) is 4.47. The first-order valence-electron chi connectivity index (χ1n) is 6.14. The standard InChI is InChI=1S/C15H16ClFN2/c1-10-12(4-3-7-19-10)15(18-2)9-11-5-6-13(16)14(17)8-11/h3-8,15,18H,9H2,1-2H3. The Balaban J connectivity index is 2.24. The SMILES string of the molecule is CNC(Cc1ccc(Cl)c(F)c1)c1cccnc1C. The van der Waals surface area contributed by atoms with Crippen LogP contribution in [0.25, 0.3) is 0 Å². The maximum absolute atomic E-state index is 13.5. The minimum Gasteiger partial charge on any atom is -0.313 e. The highest BCUT2D eigenvalue weighted by Crippen LogP contribution is 2.22. The van der Waals surface area contributed by atoms with E-state index < -0.39 is 0 Å². The van der Waals surface area contributed by atoms with Gasteiger partial charge in [0.15, 0.2) is 0 Å². The Morgan fingerprint density at radius 2 is 2.16 bits per heavy atom. The van der Waals surface area contributed by atoms with Crippen LogP contribution in [0.5, 0.6) is 0 Å². The molecule has 4 heteroatoms. The fraction of sp³-hybridized carbons (Fsp3) is 0.267. The Hall–Kier alpha value is -1.45. The molecule has 0 fully saturated rings. The molecule has 19 heavy (non-hydrogen) atoms. The minimum atomic E-state index is -0.378. The molecule has 1 atom stereocenters. The normalized spacial score (nSPS) is 12.4. The quantitative estimate of drug-likeness (QED) is 0.923. The van der Waals surface area contributed by atoms with E-state index in [4.69, 9.17) is 11.6 Å². The van der Waals surface area contributed by atoms with Gasteiger partial charge >= 0.3 is 0 Å². The number of aryl methyl sites for hydroxylation is 1. The van der Waals surface area contributed by atoms with Crippen LogP contribution >= 0.6 is 11.6 Å². The van der Waals surface area contributed by atoms with Gasteiger partial charge < -0.3 is 5.32 Å². The molecule has 100 valence electrons. The molecule has 1 aromatic heterocycles. The summed E-state index contributed by atoms with van der Waals surface area (Å²) in [4.78, 5) is 4.29. The van der Waals surface area contributed by atoms with Crippen LogP contribution in [-0.4, -0.2) is 12.0 Å². The summed E-state index contributed by atoms with van der Waals surface area (Å²) in [5.74, 6) is -0.378. The average molecular weight is 279 g/mol. The summed E-state index contributed by atoms with van der Waals surface area (Å²) in [6, 6.07) is 8.98. The van der Waals surface area contributed by atoms with Crippen molar-refractivity contribution in [3.63, 3.8) is 0 Å². The van der Waals surface area contributed by atoms with E-state index in [9.17, 15) is 4.39 Å². The number of hydrogen-bond donors (Lipinski definition) is 1. The first-order valence-corrected chi connectivity index (χ1v) is 6.52. The molecular formula is C15H16ClFN2. The fourth-order valence-corrected chi connectivity index (χ4v) is 2.25. The van der Waals surface area contributed by atoms with Gasteiger partial charge in [0.05, 0.1) is 5.02 Å². The molecule has 0 aliphatic carbocycles. The van der Waals surface area contributed by atoms with Gasteiger partial charge in [-0.3, -0.25) is 4.98 Å². The molecule has 0 bridgehead atoms. The van der Waals surface area contributed by atoms with Gasteiger partial charge in [-0.15, -0.1) is 0 Å². The van der Waals surface area contributed by atoms with Crippen molar-refractivity contribution in [1.29, 1.82) is 0 Å². The largest absolute Gasteiger partial charge is 0.313 e. The molecule has 2 rings (SSSR count). The van der Waals surface area contributed by atoms with Gasteiger partial charge in [0.1, 0.15) is 5.82 Å². The van der Waals surface area contributed by atoms with E-state index in [1.54, 1.807) is 12.3 Å². The number of aromatic nitrogens is 1. The summed E-state index contributed by atoms with van der Waals surface area (Å²) in [6.07, 6.45) is 2.46. The van der Waals surface area contributed by atoms with Crippen LogP contribution in [-0.2, 0) is 6.42 Å². The van der Waals surface area contributed by atoms with E-state index in [1.807, 2.05) is 32.2 Å². The maximum atomic E-state index is 13.5. The number of pyridine rings is 1. The molecule has 1 heterocycles. The second-order valence-corrected chi connectivity index (χ2v) is 4.88. The van der Waals surface area contributed by atoms with Crippen molar-refractivity contribution >= 4 is 11.6 Å². The Morgan fingerprint density at radius 3 is 2.79 bits per heavy atom. The van der Waals surface area contributed by atoms with E-state index >= 15 is 0 Å². The predicted octanol–water partition coefficient (Wildman–Crippen LogP) is 3.69. The first-order chi connectivity index (χ1) is 9.11. The third kappa shape index (κ3) is 3.31. The van der Waals surface area contributed by atoms with E-state index in [0.717, 1.165) is 16.8 Å². The number of hydrogen-bond acceptors (Lipinski definition) is 2. The Morgan fingerprint density at radius 1 is 1.37 bits per heavy atom. The summed E-state index contributed by atoms with van der Waals surface area (Å²) in [7, 11) is 1.89. The van der Waals surface area contributed by atoms with Crippen molar-refractivity contribution < 1.29 is 4.39 Å². The van der Waals surface area contributed by atoms with Gasteiger partial charge in [-0.1, -0.05) is 23.7 Å². The van der Waals surface area contributed by atoms with E-state index in [0.29, 0.717) is 6.42 Å². The lowest BCUT2D eigenvalue weighted by atomic mass is 9.98. The predicted molar refractivity (Wildman–Crippen MR) is 75.9 cm³/mol. The van der Waals surface area contributed by atoms with Crippen LogP contribution in [0, 0.1) is 12.7 Å².